The molecule has 1 aromatic heterocycles. The largest absolute Gasteiger partial charge is 0.279 e. The zero-order valence-corrected chi connectivity index (χ0v) is 17.0. The number of hydrogen-bond donors (Lipinski definition) is 1. The molecule has 7 nitrogen and oxygen atoms in total. The molecule has 3 rings (SSSR count). The van der Waals surface area contributed by atoms with Gasteiger partial charge in [-0.05, 0) is 42.5 Å². The average molecular weight is 438 g/mol. The molecule has 0 bridgehead atoms. The summed E-state index contributed by atoms with van der Waals surface area (Å²) >= 11 is 5.86. The van der Waals surface area contributed by atoms with E-state index in [2.05, 4.69) is 9.71 Å². The zero-order chi connectivity index (χ0) is 20.4. The monoisotopic (exact) mass is 437 g/mol. The Hall–Kier alpha value is -2.62. The first-order valence-corrected chi connectivity index (χ1v) is 11.3. The number of nitrogens with zero attached hydrogens (tertiary/aromatic N) is 2. The lowest BCUT2D eigenvalue weighted by Gasteiger charge is -2.20. The molecular formula is C18H16ClN3O4S2. The van der Waals surface area contributed by atoms with E-state index in [0.29, 0.717) is 5.69 Å². The van der Waals surface area contributed by atoms with Crippen LogP contribution in [0.25, 0.3) is 0 Å². The molecule has 3 aromatic rings. The van der Waals surface area contributed by atoms with Gasteiger partial charge in [0.1, 0.15) is 10.0 Å². The van der Waals surface area contributed by atoms with Crippen molar-refractivity contribution in [3.05, 3.63) is 78.1 Å². The van der Waals surface area contributed by atoms with Crippen molar-refractivity contribution in [2.45, 2.75) is 9.79 Å². The molecule has 0 aliphatic carbocycles. The highest BCUT2D eigenvalue weighted by Gasteiger charge is 2.23. The molecule has 10 heteroatoms. The Kier molecular flexibility index (Phi) is 5.59. The van der Waals surface area contributed by atoms with E-state index >= 15 is 0 Å². The first-order valence-electron chi connectivity index (χ1n) is 7.99. The van der Waals surface area contributed by atoms with Crippen LogP contribution in [0.15, 0.2) is 82.7 Å². The van der Waals surface area contributed by atoms with Crippen molar-refractivity contribution >= 4 is 43.0 Å². The van der Waals surface area contributed by atoms with Gasteiger partial charge >= 0.3 is 0 Å². The van der Waals surface area contributed by atoms with Gasteiger partial charge in [-0.1, -0.05) is 35.9 Å². The SMILES string of the molecule is CN(c1ccccc1)S(=O)(=O)c1cccc(NS(=O)(=O)c2cccnc2Cl)c1. The molecule has 0 fully saturated rings. The van der Waals surface area contributed by atoms with Crippen LogP contribution >= 0.6 is 11.6 Å². The molecule has 0 atom stereocenters. The number of aromatic nitrogens is 1. The first-order chi connectivity index (χ1) is 13.2. The van der Waals surface area contributed by atoms with Crippen LogP contribution in [-0.4, -0.2) is 28.9 Å². The summed E-state index contributed by atoms with van der Waals surface area (Å²) in [7, 11) is -6.49. The van der Waals surface area contributed by atoms with Crippen LogP contribution in [0.1, 0.15) is 0 Å². The van der Waals surface area contributed by atoms with Gasteiger partial charge in [0.15, 0.2) is 0 Å². The van der Waals surface area contributed by atoms with Crippen molar-refractivity contribution < 1.29 is 16.8 Å². The van der Waals surface area contributed by atoms with Crippen LogP contribution in [0.5, 0.6) is 0 Å². The van der Waals surface area contributed by atoms with Gasteiger partial charge in [0.05, 0.1) is 16.3 Å². The Morgan fingerprint density at radius 3 is 2.32 bits per heavy atom. The standard InChI is InChI=1S/C18H16ClN3O4S2/c1-22(15-8-3-2-4-9-15)28(25,26)16-10-5-7-14(13-16)21-27(23,24)17-11-6-12-20-18(17)19/h2-13,21H,1H3. The zero-order valence-electron chi connectivity index (χ0n) is 14.7. The summed E-state index contributed by atoms with van der Waals surface area (Å²) < 4.78 is 54.3. The third kappa shape index (κ3) is 4.11. The fraction of sp³-hybridized carbons (Fsp3) is 0.0556. The summed E-state index contributed by atoms with van der Waals surface area (Å²) in [6.07, 6.45) is 1.37. The Balaban J connectivity index is 1.93. The molecule has 0 aliphatic heterocycles. The van der Waals surface area contributed by atoms with Gasteiger partial charge < -0.3 is 0 Å². The first kappa shape index (κ1) is 20.1. The van der Waals surface area contributed by atoms with E-state index in [1.807, 2.05) is 0 Å². The number of halogens is 1. The Labute approximate surface area is 168 Å². The van der Waals surface area contributed by atoms with Crippen LogP contribution < -0.4 is 9.03 Å². The number of sulfonamides is 2. The van der Waals surface area contributed by atoms with Crippen molar-refractivity contribution in [1.29, 1.82) is 0 Å². The highest BCUT2D eigenvalue weighted by Crippen LogP contribution is 2.26. The van der Waals surface area contributed by atoms with Crippen LogP contribution in [-0.2, 0) is 20.0 Å². The summed E-state index contributed by atoms with van der Waals surface area (Å²) in [5, 5.41) is -0.178. The van der Waals surface area contributed by atoms with Crippen LogP contribution in [0, 0.1) is 0 Å². The van der Waals surface area contributed by atoms with E-state index in [1.165, 1.54) is 49.6 Å². The van der Waals surface area contributed by atoms with E-state index in [-0.39, 0.29) is 20.6 Å². The third-order valence-electron chi connectivity index (χ3n) is 3.88. The van der Waals surface area contributed by atoms with Gasteiger partial charge in [0.25, 0.3) is 20.0 Å². The van der Waals surface area contributed by atoms with Gasteiger partial charge in [0.2, 0.25) is 0 Å². The second-order valence-corrected chi connectivity index (χ2v) is 9.71. The van der Waals surface area contributed by atoms with E-state index in [1.54, 1.807) is 30.3 Å². The Morgan fingerprint density at radius 1 is 0.929 bits per heavy atom. The third-order valence-corrected chi connectivity index (χ3v) is 7.49. The van der Waals surface area contributed by atoms with E-state index in [9.17, 15) is 16.8 Å². The average Bonchev–Trinajstić information content (AvgIpc) is 2.68. The molecule has 0 unspecified atom stereocenters. The number of para-hydroxylation sites is 1. The molecular weight excluding hydrogens is 422 g/mol. The highest BCUT2D eigenvalue weighted by atomic mass is 35.5. The molecule has 28 heavy (non-hydrogen) atoms. The van der Waals surface area contributed by atoms with E-state index in [4.69, 9.17) is 11.6 Å². The molecule has 2 aromatic carbocycles. The van der Waals surface area contributed by atoms with Crippen LogP contribution in [0.3, 0.4) is 0 Å². The number of benzene rings is 2. The van der Waals surface area contributed by atoms with Gasteiger partial charge in [-0.2, -0.15) is 0 Å². The molecule has 0 saturated carbocycles. The summed E-state index contributed by atoms with van der Waals surface area (Å²) in [5.41, 5.74) is 0.568. The van der Waals surface area contributed by atoms with E-state index in [0.717, 1.165) is 4.31 Å². The van der Waals surface area contributed by atoms with Gasteiger partial charge in [0, 0.05) is 13.2 Å². The summed E-state index contributed by atoms with van der Waals surface area (Å²) in [6.45, 7) is 0. The van der Waals surface area contributed by atoms with Crippen molar-refractivity contribution in [3.63, 3.8) is 0 Å². The van der Waals surface area contributed by atoms with Gasteiger partial charge in [-0.3, -0.25) is 9.03 Å². The number of hydrogen-bond acceptors (Lipinski definition) is 5. The molecule has 0 radical (unpaired) electrons. The second kappa shape index (κ2) is 7.78. The lowest BCUT2D eigenvalue weighted by atomic mass is 10.3. The molecule has 0 spiro atoms. The molecule has 1 heterocycles. The van der Waals surface area contributed by atoms with Crippen LogP contribution in [0.4, 0.5) is 11.4 Å². The van der Waals surface area contributed by atoms with Crippen molar-refractivity contribution in [2.24, 2.45) is 0 Å². The van der Waals surface area contributed by atoms with Crippen molar-refractivity contribution in [3.8, 4) is 0 Å². The molecule has 0 aliphatic rings. The van der Waals surface area contributed by atoms with Gasteiger partial charge in [-0.15, -0.1) is 0 Å². The van der Waals surface area contributed by atoms with Crippen molar-refractivity contribution in [2.75, 3.05) is 16.1 Å². The maximum Gasteiger partial charge on any atom is 0.264 e. The predicted molar refractivity (Wildman–Crippen MR) is 109 cm³/mol. The fourth-order valence-corrected chi connectivity index (χ4v) is 5.18. The quantitative estimate of drug-likeness (QED) is 0.596. The fourth-order valence-electron chi connectivity index (χ4n) is 2.44. The minimum atomic E-state index is -4.03. The minimum Gasteiger partial charge on any atom is -0.279 e. The summed E-state index contributed by atoms with van der Waals surface area (Å²) in [6, 6.07) is 16.8. The predicted octanol–water partition coefficient (Wildman–Crippen LogP) is 3.36. The highest BCUT2D eigenvalue weighted by molar-refractivity contribution is 7.93. The van der Waals surface area contributed by atoms with E-state index < -0.39 is 20.0 Å². The number of nitrogens with one attached hydrogen (secondary N) is 1. The topological polar surface area (TPSA) is 96.4 Å². The lowest BCUT2D eigenvalue weighted by Crippen LogP contribution is -2.26. The van der Waals surface area contributed by atoms with Crippen molar-refractivity contribution in [1.82, 2.24) is 4.98 Å². The van der Waals surface area contributed by atoms with Crippen LogP contribution in [0.2, 0.25) is 5.15 Å². The molecule has 0 amide bonds. The Bertz CT molecular complexity index is 1200. The Morgan fingerprint density at radius 2 is 1.64 bits per heavy atom. The maximum absolute atomic E-state index is 12.9. The normalized spacial score (nSPS) is 11.8. The smallest absolute Gasteiger partial charge is 0.264 e. The second-order valence-electron chi connectivity index (χ2n) is 5.73. The minimum absolute atomic E-state index is 0.0589. The lowest BCUT2D eigenvalue weighted by molar-refractivity contribution is 0.593. The summed E-state index contributed by atoms with van der Waals surface area (Å²) in [4.78, 5) is 3.48. The molecule has 0 saturated heterocycles. The van der Waals surface area contributed by atoms with Gasteiger partial charge in [-0.25, -0.2) is 21.8 Å². The number of anilines is 2. The number of pyridine rings is 1. The number of rotatable bonds is 6. The maximum atomic E-state index is 12.9. The molecule has 1 N–H and O–H groups in total. The summed E-state index contributed by atoms with van der Waals surface area (Å²) in [5.74, 6) is 0. The molecule has 146 valence electrons.